The number of hydrogen-bond acceptors (Lipinski definition) is 3. The van der Waals surface area contributed by atoms with Crippen LogP contribution in [0.3, 0.4) is 0 Å². The molecule has 0 heterocycles. The Bertz CT molecular complexity index is 225. The molecule has 80 valence electrons. The van der Waals surface area contributed by atoms with Gasteiger partial charge in [0.2, 0.25) is 5.91 Å². The molecular formula is C10H16KNO3. The van der Waals surface area contributed by atoms with Gasteiger partial charge in [0, 0.05) is 19.4 Å². The van der Waals surface area contributed by atoms with E-state index in [1.165, 1.54) is 6.92 Å². The molecule has 1 rings (SSSR count). The van der Waals surface area contributed by atoms with Crippen LogP contribution in [-0.2, 0) is 9.59 Å². The summed E-state index contributed by atoms with van der Waals surface area (Å²) in [6.45, 7) is 2.17. The molecule has 15 heavy (non-hydrogen) atoms. The van der Waals surface area contributed by atoms with Gasteiger partial charge in [-0.1, -0.05) is 0 Å². The van der Waals surface area contributed by atoms with E-state index in [9.17, 15) is 14.7 Å². The molecule has 0 unspecified atom stereocenters. The van der Waals surface area contributed by atoms with Crippen LogP contribution >= 0.6 is 0 Å². The molecular weight excluding hydrogens is 221 g/mol. The fraction of sp³-hybridized carbons (Fsp3) is 0.800. The van der Waals surface area contributed by atoms with Gasteiger partial charge < -0.3 is 15.2 Å². The minimum atomic E-state index is -0.928. The third kappa shape index (κ3) is 6.02. The summed E-state index contributed by atoms with van der Waals surface area (Å²) in [6, 6.07) is 0. The Balaban J connectivity index is 0.00000196. The number of carboxylic acid groups (broad SMARTS) is 1. The standard InChI is InChI=1S/C10H17NO3.K/c1-7(12)11-6-8-2-4-9(5-3-8)10(13)14;/h8-9H,2-6H2,1H3,(H,11,12)(H,13,14);/q;+1/p-1. The number of aliphatic carboxylic acids is 1. The van der Waals surface area contributed by atoms with Crippen LogP contribution in [0.2, 0.25) is 0 Å². The second-order valence-corrected chi connectivity index (χ2v) is 3.97. The van der Waals surface area contributed by atoms with E-state index >= 15 is 0 Å². The molecule has 1 fully saturated rings. The Morgan fingerprint density at radius 2 is 1.80 bits per heavy atom. The van der Waals surface area contributed by atoms with Gasteiger partial charge in [0.25, 0.3) is 0 Å². The normalized spacial score (nSPS) is 25.1. The van der Waals surface area contributed by atoms with Crippen molar-refractivity contribution < 1.29 is 66.1 Å². The summed E-state index contributed by atoms with van der Waals surface area (Å²) in [4.78, 5) is 21.2. The second-order valence-electron chi connectivity index (χ2n) is 3.97. The van der Waals surface area contributed by atoms with Crippen LogP contribution in [0.25, 0.3) is 0 Å². The zero-order valence-electron chi connectivity index (χ0n) is 9.41. The van der Waals surface area contributed by atoms with Gasteiger partial charge in [-0.05, 0) is 37.5 Å². The summed E-state index contributed by atoms with van der Waals surface area (Å²) in [5.74, 6) is -0.784. The van der Waals surface area contributed by atoms with E-state index in [4.69, 9.17) is 0 Å². The van der Waals surface area contributed by atoms with Gasteiger partial charge in [0.1, 0.15) is 0 Å². The minimum Gasteiger partial charge on any atom is -0.550 e. The third-order valence-corrected chi connectivity index (χ3v) is 2.82. The van der Waals surface area contributed by atoms with Crippen LogP contribution in [0, 0.1) is 11.8 Å². The van der Waals surface area contributed by atoms with Crippen LogP contribution in [0.15, 0.2) is 0 Å². The molecule has 1 N–H and O–H groups in total. The number of carbonyl (C=O) groups excluding carboxylic acids is 2. The molecule has 4 nitrogen and oxygen atoms in total. The first-order valence-corrected chi connectivity index (χ1v) is 5.05. The SMILES string of the molecule is CC(=O)NCC1CCC(C(=O)[O-])CC1.[K+]. The van der Waals surface area contributed by atoms with Crippen molar-refractivity contribution in [1.82, 2.24) is 5.32 Å². The molecule has 1 aliphatic rings. The van der Waals surface area contributed by atoms with E-state index in [2.05, 4.69) is 5.32 Å². The average Bonchev–Trinajstić information content (AvgIpc) is 2.15. The van der Waals surface area contributed by atoms with Crippen LogP contribution in [-0.4, -0.2) is 18.4 Å². The topological polar surface area (TPSA) is 69.2 Å². The number of carboxylic acids is 1. The van der Waals surface area contributed by atoms with E-state index in [-0.39, 0.29) is 63.2 Å². The predicted octanol–water partition coefficient (Wildman–Crippen LogP) is -3.32. The fourth-order valence-electron chi connectivity index (χ4n) is 1.89. The molecule has 1 saturated carbocycles. The first-order valence-electron chi connectivity index (χ1n) is 5.05. The Morgan fingerprint density at radius 3 is 2.20 bits per heavy atom. The molecule has 0 atom stereocenters. The zero-order valence-corrected chi connectivity index (χ0v) is 12.5. The Labute approximate surface area is 133 Å². The summed E-state index contributed by atoms with van der Waals surface area (Å²) in [5, 5.41) is 13.3. The first-order chi connectivity index (χ1) is 6.59. The smallest absolute Gasteiger partial charge is 0.550 e. The van der Waals surface area contributed by atoms with Crippen molar-refractivity contribution in [2.45, 2.75) is 32.6 Å². The summed E-state index contributed by atoms with van der Waals surface area (Å²) in [7, 11) is 0. The van der Waals surface area contributed by atoms with Crippen LogP contribution in [0.4, 0.5) is 0 Å². The molecule has 1 amide bonds. The maximum Gasteiger partial charge on any atom is 1.00 e. The van der Waals surface area contributed by atoms with Gasteiger partial charge in [-0.3, -0.25) is 4.79 Å². The van der Waals surface area contributed by atoms with Crippen molar-refractivity contribution in [1.29, 1.82) is 0 Å². The molecule has 1 aliphatic carbocycles. The van der Waals surface area contributed by atoms with Crippen molar-refractivity contribution >= 4 is 11.9 Å². The summed E-state index contributed by atoms with van der Waals surface area (Å²) in [6.07, 6.45) is 3.12. The van der Waals surface area contributed by atoms with Crippen LogP contribution < -0.4 is 61.8 Å². The maximum absolute atomic E-state index is 10.6. The number of nitrogens with one attached hydrogen (secondary N) is 1. The summed E-state index contributed by atoms with van der Waals surface area (Å²) in [5.41, 5.74) is 0. The van der Waals surface area contributed by atoms with Gasteiger partial charge in [-0.15, -0.1) is 0 Å². The summed E-state index contributed by atoms with van der Waals surface area (Å²) >= 11 is 0. The molecule has 0 radical (unpaired) electrons. The zero-order chi connectivity index (χ0) is 10.6. The van der Waals surface area contributed by atoms with E-state index in [0.29, 0.717) is 25.3 Å². The maximum atomic E-state index is 10.6. The first kappa shape index (κ1) is 15.6. The quantitative estimate of drug-likeness (QED) is 0.522. The molecule has 0 aromatic heterocycles. The van der Waals surface area contributed by atoms with Crippen LogP contribution in [0.1, 0.15) is 32.6 Å². The van der Waals surface area contributed by atoms with Gasteiger partial charge in [-0.2, -0.15) is 0 Å². The monoisotopic (exact) mass is 237 g/mol. The van der Waals surface area contributed by atoms with E-state index in [1.54, 1.807) is 0 Å². The Kier molecular flexibility index (Phi) is 8.08. The number of hydrogen-bond donors (Lipinski definition) is 1. The molecule has 0 aromatic rings. The van der Waals surface area contributed by atoms with Gasteiger partial charge in [-0.25, -0.2) is 0 Å². The predicted molar refractivity (Wildman–Crippen MR) is 49.1 cm³/mol. The number of carbonyl (C=O) groups is 2. The molecule has 0 spiro atoms. The van der Waals surface area contributed by atoms with Gasteiger partial charge in [0.05, 0.1) is 0 Å². The number of amides is 1. The van der Waals surface area contributed by atoms with Gasteiger partial charge >= 0.3 is 51.4 Å². The molecule has 0 aromatic carbocycles. The summed E-state index contributed by atoms with van der Waals surface area (Å²) < 4.78 is 0. The van der Waals surface area contributed by atoms with E-state index in [1.807, 2.05) is 0 Å². The minimum absolute atomic E-state index is 0. The Morgan fingerprint density at radius 1 is 1.27 bits per heavy atom. The molecule has 0 saturated heterocycles. The average molecular weight is 237 g/mol. The van der Waals surface area contributed by atoms with E-state index < -0.39 is 5.97 Å². The van der Waals surface area contributed by atoms with Crippen molar-refractivity contribution in [3.8, 4) is 0 Å². The van der Waals surface area contributed by atoms with Crippen LogP contribution in [0.5, 0.6) is 0 Å². The number of rotatable bonds is 3. The van der Waals surface area contributed by atoms with E-state index in [0.717, 1.165) is 12.8 Å². The van der Waals surface area contributed by atoms with Crippen molar-refractivity contribution in [2.24, 2.45) is 11.8 Å². The Hall–Kier alpha value is 0.576. The fourth-order valence-corrected chi connectivity index (χ4v) is 1.89. The van der Waals surface area contributed by atoms with Crippen molar-refractivity contribution in [3.05, 3.63) is 0 Å². The molecule has 0 aliphatic heterocycles. The van der Waals surface area contributed by atoms with Crippen molar-refractivity contribution in [3.63, 3.8) is 0 Å². The molecule has 5 heteroatoms. The second kappa shape index (κ2) is 7.79. The van der Waals surface area contributed by atoms with Gasteiger partial charge in [0.15, 0.2) is 0 Å². The molecule has 0 bridgehead atoms. The van der Waals surface area contributed by atoms with Crippen molar-refractivity contribution in [2.75, 3.05) is 6.54 Å². The third-order valence-electron chi connectivity index (χ3n) is 2.82. The largest absolute Gasteiger partial charge is 1.00 e.